The van der Waals surface area contributed by atoms with Crippen LogP contribution in [0.4, 0.5) is 13.2 Å². The lowest BCUT2D eigenvalue weighted by atomic mass is 9.97. The molecular formula is C28H34F3N3O3S. The van der Waals surface area contributed by atoms with Gasteiger partial charge in [-0.1, -0.05) is 6.07 Å². The van der Waals surface area contributed by atoms with Gasteiger partial charge in [0, 0.05) is 50.3 Å². The second kappa shape index (κ2) is 10.9. The third kappa shape index (κ3) is 5.65. The van der Waals surface area contributed by atoms with Crippen LogP contribution in [0.5, 0.6) is 0 Å². The quantitative estimate of drug-likeness (QED) is 0.586. The Hall–Kier alpha value is -1.98. The van der Waals surface area contributed by atoms with E-state index in [0.29, 0.717) is 31.1 Å². The maximum atomic E-state index is 13.2. The summed E-state index contributed by atoms with van der Waals surface area (Å²) in [7, 11) is 0. The topological polar surface area (TPSA) is 54.0 Å². The molecule has 1 aliphatic carbocycles. The molecule has 0 spiro atoms. The molecule has 6 rings (SSSR count). The van der Waals surface area contributed by atoms with E-state index < -0.39 is 11.7 Å². The van der Waals surface area contributed by atoms with Crippen LogP contribution in [0.3, 0.4) is 0 Å². The highest BCUT2D eigenvalue weighted by Gasteiger charge is 2.41. The Kier molecular flexibility index (Phi) is 7.52. The summed E-state index contributed by atoms with van der Waals surface area (Å²) in [4.78, 5) is 18.9. The van der Waals surface area contributed by atoms with Crippen molar-refractivity contribution in [3.05, 3.63) is 56.8 Å². The van der Waals surface area contributed by atoms with Crippen LogP contribution in [-0.4, -0.2) is 73.3 Å². The lowest BCUT2D eigenvalue weighted by Crippen LogP contribution is -2.48. The number of fused-ring (bicyclic) bond motifs is 2. The van der Waals surface area contributed by atoms with E-state index in [1.165, 1.54) is 16.5 Å². The second-order valence-electron chi connectivity index (χ2n) is 10.9. The fraction of sp³-hybridized carbons (Fsp3) is 0.607. The Balaban J connectivity index is 1.10. The zero-order chi connectivity index (χ0) is 26.3. The summed E-state index contributed by atoms with van der Waals surface area (Å²) in [5.41, 5.74) is 2.32. The molecule has 1 amide bonds. The fourth-order valence-corrected chi connectivity index (χ4v) is 7.43. The van der Waals surface area contributed by atoms with Crippen LogP contribution in [-0.2, 0) is 39.8 Å². The van der Waals surface area contributed by atoms with Crippen molar-refractivity contribution >= 4 is 17.2 Å². The molecule has 0 saturated carbocycles. The van der Waals surface area contributed by atoms with E-state index in [2.05, 4.69) is 21.7 Å². The number of hydrogen-bond acceptors (Lipinski definition) is 6. The number of hydrogen-bond donors (Lipinski definition) is 1. The van der Waals surface area contributed by atoms with Gasteiger partial charge in [0.05, 0.1) is 30.4 Å². The van der Waals surface area contributed by atoms with Crippen LogP contribution in [0.1, 0.15) is 52.5 Å². The number of nitrogens with zero attached hydrogens (tertiary/aromatic N) is 2. The number of amides is 1. The third-order valence-corrected chi connectivity index (χ3v) is 9.48. The highest BCUT2D eigenvalue weighted by atomic mass is 32.1. The minimum atomic E-state index is -4.37. The Bertz CT molecular complexity index is 1150. The van der Waals surface area contributed by atoms with Crippen LogP contribution in [0.25, 0.3) is 0 Å². The standard InChI is InChI=1S/C28H34F3N3O3S/c29-28(30,31)21-3-1-18-5-9-33(14-20(18)13-21)17-26(35)32-23-15-34(22-6-10-36-11-7-22)16-25(23)37-24-4-2-19-8-12-38-27(19)24/h1,3,8,12-13,22-25H,2,4-7,9-11,14-17H2,(H,32,35)/t23?,24?,25-/m0/s1. The number of benzene rings is 1. The van der Waals surface area contributed by atoms with Crippen LogP contribution in [0.2, 0.25) is 0 Å². The summed E-state index contributed by atoms with van der Waals surface area (Å²) in [6, 6.07) is 6.44. The van der Waals surface area contributed by atoms with Gasteiger partial charge in [-0.15, -0.1) is 11.3 Å². The molecule has 2 unspecified atom stereocenters. The third-order valence-electron chi connectivity index (χ3n) is 8.43. The Morgan fingerprint density at radius 1 is 1.08 bits per heavy atom. The molecule has 3 atom stereocenters. The second-order valence-corrected chi connectivity index (χ2v) is 11.9. The number of carbonyl (C=O) groups excluding carboxylic acids is 1. The number of thiophene rings is 1. The Morgan fingerprint density at radius 3 is 2.74 bits per heavy atom. The molecule has 0 radical (unpaired) electrons. The van der Waals surface area contributed by atoms with Crippen LogP contribution in [0.15, 0.2) is 29.6 Å². The first-order chi connectivity index (χ1) is 18.3. The minimum absolute atomic E-state index is 0.0745. The molecular weight excluding hydrogens is 515 g/mol. The van der Waals surface area contributed by atoms with Gasteiger partial charge in [0.25, 0.3) is 0 Å². The molecule has 6 nitrogen and oxygen atoms in total. The minimum Gasteiger partial charge on any atom is -0.381 e. The molecule has 4 heterocycles. The van der Waals surface area contributed by atoms with Gasteiger partial charge in [-0.25, -0.2) is 0 Å². The van der Waals surface area contributed by atoms with E-state index in [1.54, 1.807) is 17.4 Å². The lowest BCUT2D eigenvalue weighted by Gasteiger charge is -2.31. The maximum Gasteiger partial charge on any atom is 0.416 e. The average molecular weight is 550 g/mol. The van der Waals surface area contributed by atoms with Crippen molar-refractivity contribution in [2.24, 2.45) is 0 Å². The molecule has 38 heavy (non-hydrogen) atoms. The number of likely N-dealkylation sites (tertiary alicyclic amines) is 1. The highest BCUT2D eigenvalue weighted by Crippen LogP contribution is 2.40. The summed E-state index contributed by atoms with van der Waals surface area (Å²) < 4.78 is 51.8. The van der Waals surface area contributed by atoms with Crippen LogP contribution < -0.4 is 5.32 Å². The maximum absolute atomic E-state index is 13.2. The zero-order valence-corrected chi connectivity index (χ0v) is 22.2. The normalized spacial score (nSPS) is 26.9. The number of aryl methyl sites for hydroxylation is 1. The predicted octanol–water partition coefficient (Wildman–Crippen LogP) is 4.18. The van der Waals surface area contributed by atoms with Gasteiger partial charge in [-0.3, -0.25) is 14.6 Å². The summed E-state index contributed by atoms with van der Waals surface area (Å²) in [6.07, 6.45) is 0.219. The number of nitrogens with one attached hydrogen (secondary N) is 1. The van der Waals surface area contributed by atoms with Crippen molar-refractivity contribution in [1.82, 2.24) is 15.1 Å². The fourth-order valence-electron chi connectivity index (χ4n) is 6.41. The monoisotopic (exact) mass is 549 g/mol. The van der Waals surface area contributed by atoms with E-state index in [9.17, 15) is 18.0 Å². The average Bonchev–Trinajstić information content (AvgIpc) is 3.62. The van der Waals surface area contributed by atoms with Crippen molar-refractivity contribution in [2.45, 2.75) is 69.1 Å². The SMILES string of the molecule is O=C(CN1CCc2ccc(C(F)(F)F)cc2C1)NC1CN(C2CCOCC2)C[C@@H]1OC1CCc2ccsc21. The molecule has 206 valence electrons. The van der Waals surface area contributed by atoms with Gasteiger partial charge in [0.15, 0.2) is 0 Å². The van der Waals surface area contributed by atoms with Gasteiger partial charge in [0.1, 0.15) is 0 Å². The largest absolute Gasteiger partial charge is 0.416 e. The molecule has 10 heteroatoms. The van der Waals surface area contributed by atoms with Gasteiger partial charge in [0.2, 0.25) is 5.91 Å². The van der Waals surface area contributed by atoms with Crippen LogP contribution in [0, 0.1) is 0 Å². The summed E-state index contributed by atoms with van der Waals surface area (Å²) in [5, 5.41) is 5.36. The summed E-state index contributed by atoms with van der Waals surface area (Å²) >= 11 is 1.75. The van der Waals surface area contributed by atoms with Crippen molar-refractivity contribution in [1.29, 1.82) is 0 Å². The van der Waals surface area contributed by atoms with Crippen molar-refractivity contribution in [3.63, 3.8) is 0 Å². The first kappa shape index (κ1) is 26.3. The van der Waals surface area contributed by atoms with Crippen LogP contribution >= 0.6 is 11.3 Å². The van der Waals surface area contributed by atoms with Crippen molar-refractivity contribution in [2.75, 3.05) is 39.4 Å². The Morgan fingerprint density at radius 2 is 1.92 bits per heavy atom. The first-order valence-corrected chi connectivity index (χ1v) is 14.5. The number of halogens is 3. The van der Waals surface area contributed by atoms with E-state index in [0.717, 1.165) is 63.6 Å². The molecule has 0 bridgehead atoms. The van der Waals surface area contributed by atoms with E-state index in [4.69, 9.17) is 9.47 Å². The number of ether oxygens (including phenoxy) is 2. The molecule has 3 aliphatic heterocycles. The van der Waals surface area contributed by atoms with Gasteiger partial charge >= 0.3 is 6.18 Å². The summed E-state index contributed by atoms with van der Waals surface area (Å²) in [5.74, 6) is -0.101. The molecule has 2 fully saturated rings. The Labute approximate surface area is 225 Å². The van der Waals surface area contributed by atoms with E-state index in [1.807, 2.05) is 4.90 Å². The highest BCUT2D eigenvalue weighted by molar-refractivity contribution is 7.10. The van der Waals surface area contributed by atoms with Gasteiger partial charge < -0.3 is 14.8 Å². The molecule has 1 aromatic heterocycles. The van der Waals surface area contributed by atoms with E-state index in [-0.39, 0.29) is 30.7 Å². The van der Waals surface area contributed by atoms with Gasteiger partial charge in [-0.2, -0.15) is 13.2 Å². The molecule has 1 aromatic carbocycles. The first-order valence-electron chi connectivity index (χ1n) is 13.6. The number of rotatable bonds is 6. The predicted molar refractivity (Wildman–Crippen MR) is 138 cm³/mol. The van der Waals surface area contributed by atoms with Gasteiger partial charge in [-0.05, 0) is 72.4 Å². The lowest BCUT2D eigenvalue weighted by molar-refractivity contribution is -0.137. The number of carbonyl (C=O) groups is 1. The molecule has 2 aromatic rings. The summed E-state index contributed by atoms with van der Waals surface area (Å²) in [6.45, 7) is 4.19. The zero-order valence-electron chi connectivity index (χ0n) is 21.3. The molecule has 1 N–H and O–H groups in total. The smallest absolute Gasteiger partial charge is 0.381 e. The molecule has 4 aliphatic rings. The number of alkyl halides is 3. The van der Waals surface area contributed by atoms with Crippen molar-refractivity contribution < 1.29 is 27.4 Å². The van der Waals surface area contributed by atoms with E-state index >= 15 is 0 Å². The van der Waals surface area contributed by atoms with Crippen molar-refractivity contribution in [3.8, 4) is 0 Å². The molecule has 2 saturated heterocycles.